The molecule has 0 unspecified atom stereocenters. The van der Waals surface area contributed by atoms with E-state index in [9.17, 15) is 9.90 Å². The van der Waals surface area contributed by atoms with E-state index in [-0.39, 0.29) is 5.56 Å². The first kappa shape index (κ1) is 17.7. The van der Waals surface area contributed by atoms with Crippen molar-refractivity contribution in [2.24, 2.45) is 0 Å². The molecule has 27 heavy (non-hydrogen) atoms. The standard InChI is InChI=1S/C23H14O4/c1-3-16-7-5-9-19(11-16)26-21-13-18(23(24)25)14-22(15-21)27-20-10-6-8-17(4-2)12-20/h1-2,5-15H,(H,24,25). The third kappa shape index (κ3) is 4.48. The molecule has 0 atom stereocenters. The van der Waals surface area contributed by atoms with Gasteiger partial charge in [0.05, 0.1) is 5.56 Å². The maximum absolute atomic E-state index is 11.4. The van der Waals surface area contributed by atoms with Gasteiger partial charge in [0.25, 0.3) is 0 Å². The van der Waals surface area contributed by atoms with Crippen molar-refractivity contribution in [1.29, 1.82) is 0 Å². The van der Waals surface area contributed by atoms with Crippen molar-refractivity contribution < 1.29 is 19.4 Å². The average Bonchev–Trinajstić information content (AvgIpc) is 2.68. The van der Waals surface area contributed by atoms with Gasteiger partial charge in [0, 0.05) is 17.2 Å². The Hall–Kier alpha value is -4.15. The maximum Gasteiger partial charge on any atom is 0.335 e. The number of carbonyl (C=O) groups is 1. The normalized spacial score (nSPS) is 9.70. The molecule has 0 aliphatic heterocycles. The van der Waals surface area contributed by atoms with E-state index >= 15 is 0 Å². The van der Waals surface area contributed by atoms with Crippen LogP contribution in [0.5, 0.6) is 23.0 Å². The lowest BCUT2D eigenvalue weighted by Gasteiger charge is -2.11. The molecule has 0 aliphatic carbocycles. The topological polar surface area (TPSA) is 55.8 Å². The molecule has 130 valence electrons. The van der Waals surface area contributed by atoms with Crippen LogP contribution in [-0.4, -0.2) is 11.1 Å². The molecule has 0 spiro atoms. The summed E-state index contributed by atoms with van der Waals surface area (Å²) in [5, 5.41) is 9.37. The summed E-state index contributed by atoms with van der Waals surface area (Å²) in [4.78, 5) is 11.4. The molecule has 0 aliphatic rings. The van der Waals surface area contributed by atoms with Crippen LogP contribution in [0.1, 0.15) is 21.5 Å². The van der Waals surface area contributed by atoms with Gasteiger partial charge < -0.3 is 14.6 Å². The van der Waals surface area contributed by atoms with Crippen LogP contribution < -0.4 is 9.47 Å². The van der Waals surface area contributed by atoms with Crippen LogP contribution in [0.3, 0.4) is 0 Å². The maximum atomic E-state index is 11.4. The molecule has 0 saturated carbocycles. The van der Waals surface area contributed by atoms with E-state index in [1.807, 2.05) is 0 Å². The third-order valence-electron chi connectivity index (χ3n) is 3.60. The fraction of sp³-hybridized carbons (Fsp3) is 0. The van der Waals surface area contributed by atoms with Gasteiger partial charge in [0.2, 0.25) is 0 Å². The van der Waals surface area contributed by atoms with E-state index in [1.54, 1.807) is 54.6 Å². The van der Waals surface area contributed by atoms with Crippen LogP contribution in [0, 0.1) is 24.7 Å². The third-order valence-corrected chi connectivity index (χ3v) is 3.60. The van der Waals surface area contributed by atoms with Crippen molar-refractivity contribution in [1.82, 2.24) is 0 Å². The van der Waals surface area contributed by atoms with Gasteiger partial charge in [-0.2, -0.15) is 0 Å². The van der Waals surface area contributed by atoms with Crippen LogP contribution in [-0.2, 0) is 0 Å². The van der Waals surface area contributed by atoms with E-state index in [0.717, 1.165) is 0 Å². The highest BCUT2D eigenvalue weighted by atomic mass is 16.5. The molecule has 0 amide bonds. The number of aromatic carboxylic acids is 1. The van der Waals surface area contributed by atoms with E-state index in [1.165, 1.54) is 12.1 Å². The molecule has 4 nitrogen and oxygen atoms in total. The molecule has 0 fully saturated rings. The Morgan fingerprint density at radius 2 is 1.22 bits per heavy atom. The first-order valence-corrected chi connectivity index (χ1v) is 7.95. The van der Waals surface area contributed by atoms with Gasteiger partial charge >= 0.3 is 5.97 Å². The molecule has 4 heteroatoms. The average molecular weight is 354 g/mol. The molecule has 0 saturated heterocycles. The minimum atomic E-state index is -1.10. The first-order chi connectivity index (χ1) is 13.1. The molecule has 3 rings (SSSR count). The summed E-state index contributed by atoms with van der Waals surface area (Å²) in [6.07, 6.45) is 10.8. The molecule has 3 aromatic carbocycles. The number of ether oxygens (including phenoxy) is 2. The smallest absolute Gasteiger partial charge is 0.335 e. The van der Waals surface area contributed by atoms with Crippen molar-refractivity contribution in [3.05, 3.63) is 83.4 Å². The predicted molar refractivity (Wildman–Crippen MR) is 102 cm³/mol. The summed E-state index contributed by atoms with van der Waals surface area (Å²) in [6, 6.07) is 18.3. The number of carboxylic acid groups (broad SMARTS) is 1. The lowest BCUT2D eigenvalue weighted by Crippen LogP contribution is -1.98. The summed E-state index contributed by atoms with van der Waals surface area (Å²) >= 11 is 0. The van der Waals surface area contributed by atoms with E-state index in [2.05, 4.69) is 11.8 Å². The van der Waals surface area contributed by atoms with Crippen molar-refractivity contribution in [2.45, 2.75) is 0 Å². The highest BCUT2D eigenvalue weighted by Gasteiger charge is 2.11. The fourth-order valence-electron chi connectivity index (χ4n) is 2.38. The van der Waals surface area contributed by atoms with Gasteiger partial charge in [0.1, 0.15) is 23.0 Å². The molecule has 0 aromatic heterocycles. The van der Waals surface area contributed by atoms with Crippen molar-refractivity contribution in [3.63, 3.8) is 0 Å². The summed E-state index contributed by atoms with van der Waals surface area (Å²) in [5.41, 5.74) is 1.35. The summed E-state index contributed by atoms with van der Waals surface area (Å²) in [7, 11) is 0. The number of benzene rings is 3. The Bertz CT molecular complexity index is 1010. The Labute approximate surface area is 157 Å². The minimum absolute atomic E-state index is 0.0312. The second kappa shape index (κ2) is 7.82. The number of hydrogen-bond donors (Lipinski definition) is 1. The highest BCUT2D eigenvalue weighted by molar-refractivity contribution is 5.88. The Balaban J connectivity index is 1.93. The van der Waals surface area contributed by atoms with Gasteiger partial charge in [-0.1, -0.05) is 24.0 Å². The zero-order valence-electron chi connectivity index (χ0n) is 14.2. The first-order valence-electron chi connectivity index (χ1n) is 7.95. The summed E-state index contributed by atoms with van der Waals surface area (Å²) in [5.74, 6) is 5.56. The Morgan fingerprint density at radius 1 is 0.741 bits per heavy atom. The molecule has 0 bridgehead atoms. The van der Waals surface area contributed by atoms with E-state index < -0.39 is 5.97 Å². The van der Waals surface area contributed by atoms with E-state index in [0.29, 0.717) is 34.1 Å². The van der Waals surface area contributed by atoms with Crippen LogP contribution in [0.4, 0.5) is 0 Å². The number of terminal acetylenes is 2. The second-order valence-corrected chi connectivity index (χ2v) is 5.55. The van der Waals surface area contributed by atoms with Crippen LogP contribution in [0.25, 0.3) is 0 Å². The predicted octanol–water partition coefficient (Wildman–Crippen LogP) is 4.93. The summed E-state index contributed by atoms with van der Waals surface area (Å²) in [6.45, 7) is 0. The molecule has 1 N–H and O–H groups in total. The largest absolute Gasteiger partial charge is 0.478 e. The van der Waals surface area contributed by atoms with Crippen LogP contribution in [0.2, 0.25) is 0 Å². The van der Waals surface area contributed by atoms with Gasteiger partial charge in [-0.3, -0.25) is 0 Å². The Morgan fingerprint density at radius 3 is 1.63 bits per heavy atom. The zero-order valence-corrected chi connectivity index (χ0v) is 14.2. The Kier molecular flexibility index (Phi) is 5.12. The van der Waals surface area contributed by atoms with E-state index in [4.69, 9.17) is 22.3 Å². The lowest BCUT2D eigenvalue weighted by molar-refractivity contribution is 0.0696. The molecule has 0 heterocycles. The monoisotopic (exact) mass is 354 g/mol. The van der Waals surface area contributed by atoms with Crippen LogP contribution in [0.15, 0.2) is 66.7 Å². The molecular weight excluding hydrogens is 340 g/mol. The van der Waals surface area contributed by atoms with Crippen LogP contribution >= 0.6 is 0 Å². The quantitative estimate of drug-likeness (QED) is 0.660. The second-order valence-electron chi connectivity index (χ2n) is 5.55. The van der Waals surface area contributed by atoms with Crippen molar-refractivity contribution in [2.75, 3.05) is 0 Å². The van der Waals surface area contributed by atoms with Gasteiger partial charge in [-0.05, 0) is 48.5 Å². The van der Waals surface area contributed by atoms with Gasteiger partial charge in [-0.15, -0.1) is 12.8 Å². The number of hydrogen-bond acceptors (Lipinski definition) is 3. The molecule has 3 aromatic rings. The molecule has 0 radical (unpaired) electrons. The van der Waals surface area contributed by atoms with Crippen molar-refractivity contribution in [3.8, 4) is 47.7 Å². The van der Waals surface area contributed by atoms with Gasteiger partial charge in [0.15, 0.2) is 0 Å². The molecular formula is C23H14O4. The highest BCUT2D eigenvalue weighted by Crippen LogP contribution is 2.31. The lowest BCUT2D eigenvalue weighted by atomic mass is 10.2. The van der Waals surface area contributed by atoms with Gasteiger partial charge in [-0.25, -0.2) is 4.79 Å². The minimum Gasteiger partial charge on any atom is -0.478 e. The number of rotatable bonds is 5. The SMILES string of the molecule is C#Cc1cccc(Oc2cc(Oc3cccc(C#C)c3)cc(C(=O)O)c2)c1. The summed E-state index contributed by atoms with van der Waals surface area (Å²) < 4.78 is 11.5. The zero-order chi connectivity index (χ0) is 19.2. The van der Waals surface area contributed by atoms with Crippen molar-refractivity contribution >= 4 is 5.97 Å². The fourth-order valence-corrected chi connectivity index (χ4v) is 2.38. The number of carboxylic acids is 1.